The van der Waals surface area contributed by atoms with E-state index in [1.807, 2.05) is 0 Å². The molecule has 1 saturated carbocycles. The van der Waals surface area contributed by atoms with Crippen molar-refractivity contribution in [3.63, 3.8) is 0 Å². The van der Waals surface area contributed by atoms with E-state index in [0.29, 0.717) is 12.0 Å². The molecular formula is C9H19NO2. The van der Waals surface area contributed by atoms with Gasteiger partial charge < -0.3 is 15.9 Å². The van der Waals surface area contributed by atoms with Gasteiger partial charge >= 0.3 is 0 Å². The molecule has 12 heavy (non-hydrogen) atoms. The summed E-state index contributed by atoms with van der Waals surface area (Å²) in [5.41, 5.74) is 5.76. The number of aliphatic hydroxyl groups is 2. The smallest absolute Gasteiger partial charge is 0.0483 e. The largest absolute Gasteiger partial charge is 0.396 e. The van der Waals surface area contributed by atoms with E-state index < -0.39 is 0 Å². The summed E-state index contributed by atoms with van der Waals surface area (Å²) in [6, 6.07) is 0.347. The van der Waals surface area contributed by atoms with Crippen molar-refractivity contribution in [2.45, 2.75) is 31.7 Å². The van der Waals surface area contributed by atoms with Crippen LogP contribution in [0.25, 0.3) is 0 Å². The van der Waals surface area contributed by atoms with Crippen LogP contribution < -0.4 is 5.73 Å². The molecule has 0 atom stereocenters. The molecule has 3 heteroatoms. The first-order valence-corrected chi connectivity index (χ1v) is 4.75. The van der Waals surface area contributed by atoms with Crippen LogP contribution >= 0.6 is 0 Å². The van der Waals surface area contributed by atoms with Gasteiger partial charge in [0.2, 0.25) is 0 Å². The number of hydrogen-bond donors (Lipinski definition) is 3. The maximum absolute atomic E-state index is 8.95. The minimum atomic E-state index is 0.0810. The maximum atomic E-state index is 8.95. The lowest BCUT2D eigenvalue weighted by Crippen LogP contribution is -2.32. The first kappa shape index (κ1) is 9.96. The summed E-state index contributed by atoms with van der Waals surface area (Å²) in [7, 11) is 0. The number of aliphatic hydroxyl groups excluding tert-OH is 2. The van der Waals surface area contributed by atoms with Crippen molar-refractivity contribution < 1.29 is 10.2 Å². The Labute approximate surface area is 73.6 Å². The van der Waals surface area contributed by atoms with Gasteiger partial charge in [-0.1, -0.05) is 0 Å². The molecular weight excluding hydrogens is 154 g/mol. The minimum absolute atomic E-state index is 0.0810. The molecule has 0 heterocycles. The second-order valence-corrected chi connectivity index (χ2v) is 3.80. The second kappa shape index (κ2) is 4.80. The minimum Gasteiger partial charge on any atom is -0.396 e. The molecule has 0 aromatic carbocycles. The Morgan fingerprint density at radius 2 is 1.58 bits per heavy atom. The molecule has 1 rings (SSSR count). The summed E-state index contributed by atoms with van der Waals surface area (Å²) in [6.45, 7) is 0.215. The van der Waals surface area contributed by atoms with Crippen LogP contribution in [0.5, 0.6) is 0 Å². The fourth-order valence-corrected chi connectivity index (χ4v) is 1.97. The van der Waals surface area contributed by atoms with Gasteiger partial charge in [0.15, 0.2) is 0 Å². The third-order valence-electron chi connectivity index (χ3n) is 2.95. The Bertz CT molecular complexity index is 118. The maximum Gasteiger partial charge on any atom is 0.0483 e. The lowest BCUT2D eigenvalue weighted by atomic mass is 9.79. The Balaban J connectivity index is 2.32. The van der Waals surface area contributed by atoms with Gasteiger partial charge in [-0.15, -0.1) is 0 Å². The van der Waals surface area contributed by atoms with Gasteiger partial charge in [0.25, 0.3) is 0 Å². The van der Waals surface area contributed by atoms with Crippen molar-refractivity contribution in [1.82, 2.24) is 0 Å². The van der Waals surface area contributed by atoms with E-state index in [9.17, 15) is 0 Å². The fourth-order valence-electron chi connectivity index (χ4n) is 1.97. The van der Waals surface area contributed by atoms with Crippen LogP contribution in [0.3, 0.4) is 0 Å². The zero-order chi connectivity index (χ0) is 8.97. The van der Waals surface area contributed by atoms with Crippen molar-refractivity contribution in [3.8, 4) is 0 Å². The third kappa shape index (κ3) is 2.44. The number of hydrogen-bond acceptors (Lipinski definition) is 3. The Morgan fingerprint density at radius 3 is 2.00 bits per heavy atom. The van der Waals surface area contributed by atoms with Crippen LogP contribution in [0.15, 0.2) is 0 Å². The van der Waals surface area contributed by atoms with Gasteiger partial charge in [-0.25, -0.2) is 0 Å². The summed E-state index contributed by atoms with van der Waals surface area (Å²) in [6.07, 6.45) is 4.21. The summed E-state index contributed by atoms with van der Waals surface area (Å²) >= 11 is 0. The SMILES string of the molecule is NC1CCC(C(CO)CO)CC1. The van der Waals surface area contributed by atoms with Gasteiger partial charge in [0.1, 0.15) is 0 Å². The molecule has 0 saturated heterocycles. The average Bonchev–Trinajstić information content (AvgIpc) is 2.10. The molecule has 1 fully saturated rings. The monoisotopic (exact) mass is 173 g/mol. The zero-order valence-corrected chi connectivity index (χ0v) is 7.45. The highest BCUT2D eigenvalue weighted by Gasteiger charge is 2.24. The van der Waals surface area contributed by atoms with Crippen molar-refractivity contribution in [2.75, 3.05) is 13.2 Å². The Morgan fingerprint density at radius 1 is 1.08 bits per heavy atom. The first-order chi connectivity index (χ1) is 5.77. The number of rotatable bonds is 3. The molecule has 72 valence electrons. The van der Waals surface area contributed by atoms with Crippen molar-refractivity contribution in [2.24, 2.45) is 17.6 Å². The standard InChI is InChI=1S/C9H19NO2/c10-9-3-1-7(2-4-9)8(5-11)6-12/h7-9,11-12H,1-6,10H2. The van der Waals surface area contributed by atoms with Crippen molar-refractivity contribution in [3.05, 3.63) is 0 Å². The molecule has 0 radical (unpaired) electrons. The van der Waals surface area contributed by atoms with Gasteiger partial charge in [0, 0.05) is 25.2 Å². The van der Waals surface area contributed by atoms with Gasteiger partial charge in [-0.05, 0) is 31.6 Å². The normalized spacial score (nSPS) is 31.0. The molecule has 1 aliphatic carbocycles. The van der Waals surface area contributed by atoms with Gasteiger partial charge in [-0.2, -0.15) is 0 Å². The average molecular weight is 173 g/mol. The first-order valence-electron chi connectivity index (χ1n) is 4.75. The highest BCUT2D eigenvalue weighted by Crippen LogP contribution is 2.28. The molecule has 0 amide bonds. The van der Waals surface area contributed by atoms with E-state index in [1.54, 1.807) is 0 Å². The van der Waals surface area contributed by atoms with Crippen molar-refractivity contribution >= 4 is 0 Å². The highest BCUT2D eigenvalue weighted by molar-refractivity contribution is 4.78. The quantitative estimate of drug-likeness (QED) is 0.567. The zero-order valence-electron chi connectivity index (χ0n) is 7.45. The molecule has 0 aromatic heterocycles. The van der Waals surface area contributed by atoms with E-state index in [4.69, 9.17) is 15.9 Å². The molecule has 0 spiro atoms. The highest BCUT2D eigenvalue weighted by atomic mass is 16.3. The van der Waals surface area contributed by atoms with Crippen LogP contribution in [0, 0.1) is 11.8 Å². The molecule has 3 nitrogen and oxygen atoms in total. The summed E-state index contributed by atoms with van der Waals surface area (Å²) in [4.78, 5) is 0. The summed E-state index contributed by atoms with van der Waals surface area (Å²) in [5.74, 6) is 0.567. The lowest BCUT2D eigenvalue weighted by molar-refractivity contribution is 0.0857. The van der Waals surface area contributed by atoms with Crippen LogP contribution in [0.4, 0.5) is 0 Å². The molecule has 0 aromatic rings. The fraction of sp³-hybridized carbons (Fsp3) is 1.00. The Kier molecular flexibility index (Phi) is 3.98. The number of nitrogens with two attached hydrogens (primary N) is 1. The summed E-state index contributed by atoms with van der Waals surface area (Å²) in [5, 5.41) is 17.9. The van der Waals surface area contributed by atoms with E-state index in [-0.39, 0.29) is 19.1 Å². The van der Waals surface area contributed by atoms with Gasteiger partial charge in [-0.3, -0.25) is 0 Å². The topological polar surface area (TPSA) is 66.5 Å². The molecule has 0 aliphatic heterocycles. The van der Waals surface area contributed by atoms with Gasteiger partial charge in [0.05, 0.1) is 0 Å². The Hall–Kier alpha value is -0.120. The molecule has 0 bridgehead atoms. The van der Waals surface area contributed by atoms with Crippen LogP contribution in [-0.2, 0) is 0 Å². The van der Waals surface area contributed by atoms with E-state index >= 15 is 0 Å². The van der Waals surface area contributed by atoms with Crippen molar-refractivity contribution in [1.29, 1.82) is 0 Å². The van der Waals surface area contributed by atoms with E-state index in [2.05, 4.69) is 0 Å². The predicted molar refractivity (Wildman–Crippen MR) is 47.6 cm³/mol. The van der Waals surface area contributed by atoms with E-state index in [1.165, 1.54) is 0 Å². The van der Waals surface area contributed by atoms with Crippen LogP contribution in [0.1, 0.15) is 25.7 Å². The lowest BCUT2D eigenvalue weighted by Gasteiger charge is -2.30. The van der Waals surface area contributed by atoms with Crippen LogP contribution in [-0.4, -0.2) is 29.5 Å². The molecule has 0 unspecified atom stereocenters. The third-order valence-corrected chi connectivity index (χ3v) is 2.95. The van der Waals surface area contributed by atoms with E-state index in [0.717, 1.165) is 25.7 Å². The van der Waals surface area contributed by atoms with Crippen LogP contribution in [0.2, 0.25) is 0 Å². The summed E-state index contributed by atoms with van der Waals surface area (Å²) < 4.78 is 0. The molecule has 1 aliphatic rings. The predicted octanol–water partition coefficient (Wildman–Crippen LogP) is 0.105. The second-order valence-electron chi connectivity index (χ2n) is 3.80. The molecule has 4 N–H and O–H groups in total.